The van der Waals surface area contributed by atoms with Crippen molar-refractivity contribution in [3.8, 4) is 0 Å². The lowest BCUT2D eigenvalue weighted by molar-refractivity contribution is 0.104. The van der Waals surface area contributed by atoms with Crippen LogP contribution in [0.2, 0.25) is 0 Å². The summed E-state index contributed by atoms with van der Waals surface area (Å²) >= 11 is 0. The molecular formula is C25H27BN2O. The Morgan fingerprint density at radius 3 is 1.66 bits per heavy atom. The molecule has 4 heteroatoms. The third-order valence-electron chi connectivity index (χ3n) is 5.12. The maximum absolute atomic E-state index is 11.9. The molecule has 0 atom stereocenters. The molecule has 0 amide bonds. The minimum absolute atomic E-state index is 0.0676. The first-order chi connectivity index (χ1) is 14.1. The van der Waals surface area contributed by atoms with Crippen molar-refractivity contribution in [2.24, 2.45) is 0 Å². The summed E-state index contributed by atoms with van der Waals surface area (Å²) in [5.74, 6) is -0.0676. The van der Waals surface area contributed by atoms with Crippen molar-refractivity contribution in [3.63, 3.8) is 0 Å². The summed E-state index contributed by atoms with van der Waals surface area (Å²) in [6.45, 7) is 9.87. The van der Waals surface area contributed by atoms with E-state index in [9.17, 15) is 4.79 Å². The maximum atomic E-state index is 11.9. The van der Waals surface area contributed by atoms with E-state index in [1.165, 1.54) is 17.2 Å². The minimum atomic E-state index is -0.0676. The molecule has 0 aliphatic carbocycles. The summed E-state index contributed by atoms with van der Waals surface area (Å²) in [7, 11) is 2.09. The summed E-state index contributed by atoms with van der Waals surface area (Å²) in [4.78, 5) is 16.4. The van der Waals surface area contributed by atoms with E-state index in [0.29, 0.717) is 5.56 Å². The second-order valence-corrected chi connectivity index (χ2v) is 6.97. The van der Waals surface area contributed by atoms with E-state index >= 15 is 0 Å². The molecule has 0 unspecified atom stereocenters. The Labute approximate surface area is 174 Å². The quantitative estimate of drug-likeness (QED) is 0.322. The highest BCUT2D eigenvalue weighted by Gasteiger charge is 2.13. The van der Waals surface area contributed by atoms with E-state index in [1.54, 1.807) is 0 Å². The predicted molar refractivity (Wildman–Crippen MR) is 127 cm³/mol. The van der Waals surface area contributed by atoms with Gasteiger partial charge >= 0.3 is 0 Å². The fourth-order valence-corrected chi connectivity index (χ4v) is 3.43. The van der Waals surface area contributed by atoms with Crippen LogP contribution < -0.4 is 15.3 Å². The predicted octanol–water partition coefficient (Wildman–Crippen LogP) is 4.63. The van der Waals surface area contributed by atoms with Gasteiger partial charge in [0, 0.05) is 41.4 Å². The van der Waals surface area contributed by atoms with Crippen molar-refractivity contribution in [1.82, 2.24) is 0 Å². The first kappa shape index (κ1) is 20.5. The molecule has 0 fully saturated rings. The van der Waals surface area contributed by atoms with Crippen LogP contribution >= 0.6 is 0 Å². The molecule has 0 aliphatic rings. The number of rotatable bonds is 8. The first-order valence-corrected chi connectivity index (χ1v) is 10.1. The number of benzene rings is 3. The topological polar surface area (TPSA) is 23.6 Å². The Morgan fingerprint density at radius 1 is 0.793 bits per heavy atom. The van der Waals surface area contributed by atoms with Gasteiger partial charge in [-0.1, -0.05) is 24.2 Å². The van der Waals surface area contributed by atoms with Crippen LogP contribution in [0, 0.1) is 0 Å². The normalized spacial score (nSPS) is 10.4. The Morgan fingerprint density at radius 2 is 1.21 bits per heavy atom. The Kier molecular flexibility index (Phi) is 6.56. The number of hydrogen-bond acceptors (Lipinski definition) is 3. The van der Waals surface area contributed by atoms with E-state index in [2.05, 4.69) is 86.6 Å². The third kappa shape index (κ3) is 4.60. The summed E-state index contributed by atoms with van der Waals surface area (Å²) in [6, 6.07) is 24.8. The summed E-state index contributed by atoms with van der Waals surface area (Å²) in [5.41, 5.74) is 6.24. The monoisotopic (exact) mass is 382 g/mol. The molecule has 0 heterocycles. The molecule has 3 rings (SSSR count). The van der Waals surface area contributed by atoms with Crippen LogP contribution in [0.25, 0.3) is 0 Å². The standard InChI is InChI=1S/C25H27BN2O/c1-4-25(29)19-7-11-22(12-8-19)28(23-13-9-20(26)10-14-23)24-17-15-21(16-18-24)27(5-2)6-3/h4,7-18H,1,5-6,26H2,2-3H3. The van der Waals surface area contributed by atoms with Crippen molar-refractivity contribution >= 4 is 41.8 Å². The van der Waals surface area contributed by atoms with Gasteiger partial charge in [-0.3, -0.25) is 4.79 Å². The lowest BCUT2D eigenvalue weighted by Crippen LogP contribution is -2.21. The Bertz CT molecular complexity index is 959. The maximum Gasteiger partial charge on any atom is 0.185 e. The molecule has 0 aromatic heterocycles. The van der Waals surface area contributed by atoms with Crippen LogP contribution in [0.15, 0.2) is 85.5 Å². The zero-order valence-corrected chi connectivity index (χ0v) is 17.4. The van der Waals surface area contributed by atoms with Crippen LogP contribution in [0.3, 0.4) is 0 Å². The molecule has 3 aromatic rings. The first-order valence-electron chi connectivity index (χ1n) is 10.1. The van der Waals surface area contributed by atoms with E-state index in [-0.39, 0.29) is 5.78 Å². The van der Waals surface area contributed by atoms with E-state index in [4.69, 9.17) is 0 Å². The van der Waals surface area contributed by atoms with Gasteiger partial charge in [-0.05, 0) is 80.6 Å². The second kappa shape index (κ2) is 9.29. The fraction of sp³-hybridized carbons (Fsp3) is 0.160. The molecule has 0 aliphatic heterocycles. The van der Waals surface area contributed by atoms with E-state index < -0.39 is 0 Å². The van der Waals surface area contributed by atoms with Gasteiger partial charge in [0.1, 0.15) is 7.85 Å². The van der Waals surface area contributed by atoms with E-state index in [1.807, 2.05) is 24.3 Å². The average Bonchev–Trinajstić information content (AvgIpc) is 2.77. The minimum Gasteiger partial charge on any atom is -0.372 e. The molecule has 3 aromatic carbocycles. The smallest absolute Gasteiger partial charge is 0.185 e. The van der Waals surface area contributed by atoms with Gasteiger partial charge in [0.25, 0.3) is 0 Å². The number of carbonyl (C=O) groups excluding carboxylic acids is 1. The number of allylic oxidation sites excluding steroid dienone is 1. The molecule has 0 bridgehead atoms. The zero-order chi connectivity index (χ0) is 20.8. The van der Waals surface area contributed by atoms with Crippen molar-refractivity contribution < 1.29 is 4.79 Å². The van der Waals surface area contributed by atoms with Crippen LogP contribution in [0.5, 0.6) is 0 Å². The molecule has 0 saturated carbocycles. The van der Waals surface area contributed by atoms with Crippen LogP contribution in [0.4, 0.5) is 22.7 Å². The SMILES string of the molecule is Bc1ccc(N(c2ccc(C(=O)C=C)cc2)c2ccc(N(CC)CC)cc2)cc1. The van der Waals surface area contributed by atoms with Crippen LogP contribution in [0.1, 0.15) is 24.2 Å². The number of carbonyl (C=O) groups is 1. The number of anilines is 4. The van der Waals surface area contributed by atoms with Crippen LogP contribution in [-0.2, 0) is 0 Å². The molecule has 0 N–H and O–H groups in total. The van der Waals surface area contributed by atoms with Crippen molar-refractivity contribution in [3.05, 3.63) is 91.0 Å². The van der Waals surface area contributed by atoms with Gasteiger partial charge in [-0.2, -0.15) is 0 Å². The zero-order valence-electron chi connectivity index (χ0n) is 17.4. The largest absolute Gasteiger partial charge is 0.372 e. The van der Waals surface area contributed by atoms with Crippen molar-refractivity contribution in [2.45, 2.75) is 13.8 Å². The molecular weight excluding hydrogens is 355 g/mol. The van der Waals surface area contributed by atoms with Gasteiger partial charge in [0.15, 0.2) is 5.78 Å². The molecule has 0 saturated heterocycles. The van der Waals surface area contributed by atoms with Gasteiger partial charge in [0.2, 0.25) is 0 Å². The second-order valence-electron chi connectivity index (χ2n) is 6.97. The number of nitrogens with zero attached hydrogens (tertiary/aromatic N) is 2. The highest BCUT2D eigenvalue weighted by atomic mass is 16.1. The molecule has 3 nitrogen and oxygen atoms in total. The number of hydrogen-bond donors (Lipinski definition) is 0. The summed E-state index contributed by atoms with van der Waals surface area (Å²) < 4.78 is 0. The Balaban J connectivity index is 2.03. The van der Waals surface area contributed by atoms with E-state index in [0.717, 1.165) is 30.2 Å². The Hall–Kier alpha value is -3.27. The molecule has 146 valence electrons. The van der Waals surface area contributed by atoms with Gasteiger partial charge in [-0.25, -0.2) is 0 Å². The van der Waals surface area contributed by atoms with Gasteiger partial charge in [0.05, 0.1) is 0 Å². The summed E-state index contributed by atoms with van der Waals surface area (Å²) in [5, 5.41) is 0. The van der Waals surface area contributed by atoms with Crippen molar-refractivity contribution in [2.75, 3.05) is 22.9 Å². The fourth-order valence-electron chi connectivity index (χ4n) is 3.43. The molecule has 0 radical (unpaired) electrons. The lowest BCUT2D eigenvalue weighted by Gasteiger charge is -2.27. The highest BCUT2D eigenvalue weighted by molar-refractivity contribution is 6.32. The third-order valence-corrected chi connectivity index (χ3v) is 5.12. The van der Waals surface area contributed by atoms with Crippen molar-refractivity contribution in [1.29, 1.82) is 0 Å². The highest BCUT2D eigenvalue weighted by Crippen LogP contribution is 2.35. The van der Waals surface area contributed by atoms with Gasteiger partial charge in [-0.15, -0.1) is 0 Å². The molecule has 0 spiro atoms. The summed E-state index contributed by atoms with van der Waals surface area (Å²) in [6.07, 6.45) is 1.35. The number of ketones is 1. The molecule has 29 heavy (non-hydrogen) atoms. The lowest BCUT2D eigenvalue weighted by atomic mass is 9.96. The van der Waals surface area contributed by atoms with Crippen LogP contribution in [-0.4, -0.2) is 26.7 Å². The van der Waals surface area contributed by atoms with Gasteiger partial charge < -0.3 is 9.80 Å². The average molecular weight is 382 g/mol.